The lowest BCUT2D eigenvalue weighted by Gasteiger charge is -2.19. The van der Waals surface area contributed by atoms with Gasteiger partial charge in [0, 0.05) is 0 Å². The van der Waals surface area contributed by atoms with Gasteiger partial charge in [-0.25, -0.2) is 4.98 Å². The van der Waals surface area contributed by atoms with Crippen LogP contribution in [0.25, 0.3) is 33.3 Å². The Labute approximate surface area is 190 Å². The highest BCUT2D eigenvalue weighted by Gasteiger charge is 2.28. The molecular formula is C27H23N3O3. The summed E-state index contributed by atoms with van der Waals surface area (Å²) in [6.07, 6.45) is 2.11. The second kappa shape index (κ2) is 7.45. The molecular weight excluding hydrogens is 414 g/mol. The van der Waals surface area contributed by atoms with E-state index in [9.17, 15) is 14.7 Å². The summed E-state index contributed by atoms with van der Waals surface area (Å²) in [7, 11) is 0. The number of rotatable bonds is 3. The minimum atomic E-state index is -0.642. The topological polar surface area (TPSA) is 98.2 Å². The first-order valence-corrected chi connectivity index (χ1v) is 10.7. The zero-order chi connectivity index (χ0) is 23.4. The van der Waals surface area contributed by atoms with Gasteiger partial charge >= 0.3 is 0 Å². The third kappa shape index (κ3) is 3.06. The average molecular weight is 437 g/mol. The average Bonchev–Trinajstić information content (AvgIpc) is 3.08. The van der Waals surface area contributed by atoms with Gasteiger partial charge in [0.15, 0.2) is 0 Å². The summed E-state index contributed by atoms with van der Waals surface area (Å²) in [4.78, 5) is 29.8. The Kier molecular flexibility index (Phi) is 4.67. The summed E-state index contributed by atoms with van der Waals surface area (Å²) in [5, 5.41) is 11.3. The number of hydrogen-bond donors (Lipinski definition) is 2. The fraction of sp³-hybridized carbons (Fsp3) is 0.148. The van der Waals surface area contributed by atoms with Gasteiger partial charge in [0.1, 0.15) is 12.1 Å². The molecule has 4 aromatic rings. The van der Waals surface area contributed by atoms with Crippen LogP contribution in [0.4, 0.5) is 0 Å². The van der Waals surface area contributed by atoms with Crippen LogP contribution in [0, 0.1) is 6.92 Å². The number of amides is 1. The van der Waals surface area contributed by atoms with Crippen molar-refractivity contribution in [3.8, 4) is 22.6 Å². The number of aromatic hydroxyl groups is 1. The maximum absolute atomic E-state index is 13.2. The molecule has 0 saturated carbocycles. The predicted molar refractivity (Wildman–Crippen MR) is 130 cm³/mol. The zero-order valence-corrected chi connectivity index (χ0v) is 18.6. The maximum atomic E-state index is 13.2. The van der Waals surface area contributed by atoms with Gasteiger partial charge in [0.05, 0.1) is 22.2 Å². The second-order valence-electron chi connectivity index (χ2n) is 8.50. The predicted octanol–water partition coefficient (Wildman–Crippen LogP) is 4.52. The van der Waals surface area contributed by atoms with Crippen LogP contribution in [0.2, 0.25) is 0 Å². The number of nitrogens with two attached hydrogens (primary N) is 1. The van der Waals surface area contributed by atoms with Crippen molar-refractivity contribution >= 4 is 22.4 Å². The highest BCUT2D eigenvalue weighted by molar-refractivity contribution is 6.02. The van der Waals surface area contributed by atoms with Crippen LogP contribution < -0.4 is 11.3 Å². The first-order valence-electron chi connectivity index (χ1n) is 10.7. The molecule has 33 heavy (non-hydrogen) atoms. The van der Waals surface area contributed by atoms with Gasteiger partial charge in [-0.2, -0.15) is 0 Å². The first kappa shape index (κ1) is 20.7. The molecule has 0 saturated heterocycles. The molecule has 0 unspecified atom stereocenters. The van der Waals surface area contributed by atoms with Gasteiger partial charge in [0.2, 0.25) is 0 Å². The molecule has 1 amide bonds. The van der Waals surface area contributed by atoms with Gasteiger partial charge in [-0.15, -0.1) is 0 Å². The third-order valence-corrected chi connectivity index (χ3v) is 6.63. The van der Waals surface area contributed by atoms with Crippen molar-refractivity contribution in [1.29, 1.82) is 0 Å². The molecule has 0 aliphatic heterocycles. The SMILES string of the molecule is CC1=C(C)c2c(-c3cccc(-n4cnc5ccccc5c4=O)c3C)cc(O)c(C(N)=O)c2C1. The summed E-state index contributed by atoms with van der Waals surface area (Å²) < 4.78 is 1.55. The van der Waals surface area contributed by atoms with E-state index >= 15 is 0 Å². The smallest absolute Gasteiger partial charge is 0.265 e. The second-order valence-corrected chi connectivity index (χ2v) is 8.50. The molecule has 5 rings (SSSR count). The van der Waals surface area contributed by atoms with Crippen LogP contribution in [0.5, 0.6) is 5.75 Å². The molecule has 164 valence electrons. The van der Waals surface area contributed by atoms with Crippen LogP contribution in [0.1, 0.15) is 40.9 Å². The van der Waals surface area contributed by atoms with E-state index in [1.54, 1.807) is 23.0 Å². The molecule has 1 aromatic heterocycles. The van der Waals surface area contributed by atoms with Gasteiger partial charge in [-0.1, -0.05) is 29.8 Å². The van der Waals surface area contributed by atoms with E-state index in [2.05, 4.69) is 4.98 Å². The molecule has 1 aliphatic carbocycles. The lowest BCUT2D eigenvalue weighted by molar-refractivity contribution is 0.0997. The van der Waals surface area contributed by atoms with Gasteiger partial charge in [-0.05, 0) is 84.8 Å². The van der Waals surface area contributed by atoms with Crippen LogP contribution in [0.15, 0.2) is 65.2 Å². The normalized spacial score (nSPS) is 12.9. The minimum absolute atomic E-state index is 0.131. The quantitative estimate of drug-likeness (QED) is 0.492. The molecule has 0 bridgehead atoms. The van der Waals surface area contributed by atoms with E-state index in [1.807, 2.05) is 57.2 Å². The summed E-state index contributed by atoms with van der Waals surface area (Å²) in [5.74, 6) is -0.773. The Bertz CT molecular complexity index is 1580. The maximum Gasteiger partial charge on any atom is 0.265 e. The number of para-hydroxylation sites is 1. The molecule has 3 aromatic carbocycles. The summed E-state index contributed by atoms with van der Waals surface area (Å²) >= 11 is 0. The molecule has 0 radical (unpaired) electrons. The van der Waals surface area contributed by atoms with E-state index in [1.165, 1.54) is 0 Å². The summed E-state index contributed by atoms with van der Waals surface area (Å²) in [6.45, 7) is 5.98. The van der Waals surface area contributed by atoms with Crippen molar-refractivity contribution in [2.45, 2.75) is 27.2 Å². The molecule has 6 nitrogen and oxygen atoms in total. The fourth-order valence-corrected chi connectivity index (χ4v) is 4.84. The summed E-state index contributed by atoms with van der Waals surface area (Å²) in [5.41, 5.74) is 13.4. The molecule has 0 fully saturated rings. The van der Waals surface area contributed by atoms with Crippen LogP contribution >= 0.6 is 0 Å². The van der Waals surface area contributed by atoms with Crippen molar-refractivity contribution < 1.29 is 9.90 Å². The van der Waals surface area contributed by atoms with Crippen molar-refractivity contribution in [3.63, 3.8) is 0 Å². The number of phenols is 1. The number of allylic oxidation sites excluding steroid dienone is 2. The van der Waals surface area contributed by atoms with E-state index in [0.717, 1.165) is 39.0 Å². The number of primary amides is 1. The van der Waals surface area contributed by atoms with Gasteiger partial charge in [-0.3, -0.25) is 14.2 Å². The van der Waals surface area contributed by atoms with Crippen molar-refractivity contribution in [1.82, 2.24) is 9.55 Å². The minimum Gasteiger partial charge on any atom is -0.507 e. The lowest BCUT2D eigenvalue weighted by Crippen LogP contribution is -2.19. The Balaban J connectivity index is 1.78. The first-order chi connectivity index (χ1) is 15.8. The summed E-state index contributed by atoms with van der Waals surface area (Å²) in [6, 6.07) is 14.6. The number of benzene rings is 3. The molecule has 1 aliphatic rings. The van der Waals surface area contributed by atoms with Gasteiger partial charge in [0.25, 0.3) is 11.5 Å². The van der Waals surface area contributed by atoms with Crippen LogP contribution in [-0.4, -0.2) is 20.6 Å². The number of fused-ring (bicyclic) bond motifs is 2. The Morgan fingerprint density at radius 3 is 2.58 bits per heavy atom. The lowest BCUT2D eigenvalue weighted by atomic mass is 9.88. The molecule has 3 N–H and O–H groups in total. The van der Waals surface area contributed by atoms with Gasteiger partial charge < -0.3 is 10.8 Å². The number of hydrogen-bond acceptors (Lipinski definition) is 4. The largest absolute Gasteiger partial charge is 0.507 e. The molecule has 1 heterocycles. The van der Waals surface area contributed by atoms with E-state index in [0.29, 0.717) is 23.0 Å². The third-order valence-electron chi connectivity index (χ3n) is 6.63. The van der Waals surface area contributed by atoms with E-state index < -0.39 is 5.91 Å². The Morgan fingerprint density at radius 2 is 1.82 bits per heavy atom. The molecule has 6 heteroatoms. The Morgan fingerprint density at radius 1 is 1.06 bits per heavy atom. The highest BCUT2D eigenvalue weighted by atomic mass is 16.3. The van der Waals surface area contributed by atoms with Crippen molar-refractivity contribution in [3.05, 3.63) is 93.0 Å². The monoisotopic (exact) mass is 437 g/mol. The number of carbonyl (C=O) groups is 1. The highest BCUT2D eigenvalue weighted by Crippen LogP contribution is 2.45. The van der Waals surface area contributed by atoms with Crippen molar-refractivity contribution in [2.24, 2.45) is 5.73 Å². The fourth-order valence-electron chi connectivity index (χ4n) is 4.84. The number of carbonyl (C=O) groups excluding carboxylic acids is 1. The molecule has 0 spiro atoms. The van der Waals surface area contributed by atoms with Crippen molar-refractivity contribution in [2.75, 3.05) is 0 Å². The number of aromatic nitrogens is 2. The zero-order valence-electron chi connectivity index (χ0n) is 18.6. The van der Waals surface area contributed by atoms with E-state index in [4.69, 9.17) is 5.73 Å². The van der Waals surface area contributed by atoms with E-state index in [-0.39, 0.29) is 16.9 Å². The number of nitrogens with zero attached hydrogens (tertiary/aromatic N) is 2. The van der Waals surface area contributed by atoms with Crippen LogP contribution in [0.3, 0.4) is 0 Å². The van der Waals surface area contributed by atoms with Crippen LogP contribution in [-0.2, 0) is 6.42 Å². The molecule has 0 atom stereocenters. The standard InChI is InChI=1S/C27H23N3O3/c1-14-11-20-24(15(14)2)19(12-23(31)25(20)26(28)32)17-8-6-10-22(16(17)3)30-13-29-21-9-5-4-7-18(21)27(30)33/h4-10,12-13,31H,11H2,1-3H3,(H2,28,32). The Hall–Kier alpha value is -4.19.